The molecule has 1 N–H and O–H groups in total. The molecule has 40 heavy (non-hydrogen) atoms. The standard InChI is InChI=1S/C28H26N6O4S2/c1-17-23(27(37)34(31(17)2)18-9-4-3-5-10-18)33-26(36)21(40-28(33)39)15-20-24(29-16-19-11-8-14-38-19)30-22-12-6-7-13-32(22)25(20)35/h3-7,9-10,12-13,15,19,29H,8,11,14,16H2,1-2H3/b21-15+. The summed E-state index contributed by atoms with van der Waals surface area (Å²) >= 11 is 6.64. The third-order valence-electron chi connectivity index (χ3n) is 7.11. The highest BCUT2D eigenvalue weighted by Crippen LogP contribution is 2.36. The van der Waals surface area contributed by atoms with E-state index in [0.717, 1.165) is 24.6 Å². The minimum absolute atomic E-state index is 0.0231. The number of carbonyl (C=O) groups excluding carboxylic acids is 1. The van der Waals surface area contributed by atoms with Crippen LogP contribution in [0.5, 0.6) is 0 Å². The summed E-state index contributed by atoms with van der Waals surface area (Å²) in [6.45, 7) is 2.96. The molecule has 0 radical (unpaired) electrons. The molecule has 2 saturated heterocycles. The van der Waals surface area contributed by atoms with Crippen LogP contribution in [0.15, 0.2) is 69.2 Å². The van der Waals surface area contributed by atoms with Gasteiger partial charge in [-0.1, -0.05) is 48.2 Å². The summed E-state index contributed by atoms with van der Waals surface area (Å²) in [4.78, 5) is 47.1. The van der Waals surface area contributed by atoms with Gasteiger partial charge in [0.1, 0.15) is 17.2 Å². The molecule has 0 aliphatic carbocycles. The molecule has 1 amide bonds. The first kappa shape index (κ1) is 26.2. The van der Waals surface area contributed by atoms with E-state index in [1.165, 1.54) is 20.1 Å². The van der Waals surface area contributed by atoms with Crippen LogP contribution >= 0.6 is 24.0 Å². The summed E-state index contributed by atoms with van der Waals surface area (Å²) in [7, 11) is 1.76. The zero-order chi connectivity index (χ0) is 28.0. The van der Waals surface area contributed by atoms with Crippen LogP contribution in [0.1, 0.15) is 24.1 Å². The lowest BCUT2D eigenvalue weighted by molar-refractivity contribution is -0.113. The van der Waals surface area contributed by atoms with Crippen LogP contribution in [0.25, 0.3) is 17.4 Å². The summed E-state index contributed by atoms with van der Waals surface area (Å²) in [6, 6.07) is 14.5. The highest BCUT2D eigenvalue weighted by Gasteiger charge is 2.38. The SMILES string of the molecule is Cc1c(N2C(=O)/C(=C\c3c(NCC4CCCO4)nc4ccccn4c3=O)SC2=S)c(=O)n(-c2ccccc2)n1C. The molecule has 2 aliphatic rings. The van der Waals surface area contributed by atoms with E-state index < -0.39 is 5.91 Å². The van der Waals surface area contributed by atoms with Gasteiger partial charge < -0.3 is 10.1 Å². The van der Waals surface area contributed by atoms with Gasteiger partial charge in [-0.15, -0.1) is 0 Å². The molecule has 12 heteroatoms. The molecule has 0 bridgehead atoms. The van der Waals surface area contributed by atoms with Crippen molar-refractivity contribution in [1.29, 1.82) is 0 Å². The Morgan fingerprint density at radius 3 is 2.65 bits per heavy atom. The second-order valence-electron chi connectivity index (χ2n) is 9.55. The van der Waals surface area contributed by atoms with Crippen molar-refractivity contribution >= 4 is 57.4 Å². The van der Waals surface area contributed by atoms with E-state index in [4.69, 9.17) is 17.0 Å². The Balaban J connectivity index is 1.41. The number of aromatic nitrogens is 4. The van der Waals surface area contributed by atoms with Crippen molar-refractivity contribution in [3.05, 3.63) is 91.6 Å². The lowest BCUT2D eigenvalue weighted by Crippen LogP contribution is -2.33. The van der Waals surface area contributed by atoms with E-state index >= 15 is 0 Å². The molecule has 1 aromatic carbocycles. The maximum absolute atomic E-state index is 13.8. The first-order chi connectivity index (χ1) is 19.3. The highest BCUT2D eigenvalue weighted by atomic mass is 32.2. The van der Waals surface area contributed by atoms with Gasteiger partial charge in [0.05, 0.1) is 28.0 Å². The zero-order valence-electron chi connectivity index (χ0n) is 21.9. The second kappa shape index (κ2) is 10.5. The minimum atomic E-state index is -0.469. The topological polar surface area (TPSA) is 103 Å². The summed E-state index contributed by atoms with van der Waals surface area (Å²) in [5, 5.41) is 3.26. The summed E-state index contributed by atoms with van der Waals surface area (Å²) in [5.41, 5.74) is 1.45. The van der Waals surface area contributed by atoms with Gasteiger partial charge in [0.25, 0.3) is 17.0 Å². The highest BCUT2D eigenvalue weighted by molar-refractivity contribution is 8.27. The number of ether oxygens (including phenoxy) is 1. The number of hydrogen-bond acceptors (Lipinski definition) is 8. The monoisotopic (exact) mass is 574 g/mol. The number of hydrogen-bond donors (Lipinski definition) is 1. The third-order valence-corrected chi connectivity index (χ3v) is 8.41. The second-order valence-corrected chi connectivity index (χ2v) is 11.2. The van der Waals surface area contributed by atoms with Gasteiger partial charge in [-0.25, -0.2) is 9.67 Å². The fourth-order valence-electron chi connectivity index (χ4n) is 4.99. The quantitative estimate of drug-likeness (QED) is 0.276. The number of thioether (sulfide) groups is 1. The Hall–Kier alpha value is -4.00. The molecule has 0 saturated carbocycles. The van der Waals surface area contributed by atoms with Crippen LogP contribution in [0, 0.1) is 6.92 Å². The first-order valence-corrected chi connectivity index (χ1v) is 14.1. The fourth-order valence-corrected chi connectivity index (χ4v) is 6.24. The summed E-state index contributed by atoms with van der Waals surface area (Å²) in [6.07, 6.45) is 5.08. The van der Waals surface area contributed by atoms with Crippen molar-refractivity contribution in [3.63, 3.8) is 0 Å². The van der Waals surface area contributed by atoms with Crippen LogP contribution in [-0.4, -0.2) is 48.2 Å². The molecule has 0 spiro atoms. The van der Waals surface area contributed by atoms with Crippen LogP contribution in [0.3, 0.4) is 0 Å². The average Bonchev–Trinajstić information content (AvgIpc) is 3.63. The van der Waals surface area contributed by atoms with Crippen molar-refractivity contribution in [2.75, 3.05) is 23.4 Å². The van der Waals surface area contributed by atoms with E-state index in [1.54, 1.807) is 43.0 Å². The molecule has 10 nitrogen and oxygen atoms in total. The Labute approximate surface area is 238 Å². The maximum atomic E-state index is 13.8. The predicted molar refractivity (Wildman–Crippen MR) is 160 cm³/mol. The average molecular weight is 575 g/mol. The number of amides is 1. The Kier molecular flexibility index (Phi) is 6.90. The van der Waals surface area contributed by atoms with E-state index in [-0.39, 0.29) is 37.7 Å². The molecule has 3 aromatic heterocycles. The number of para-hydroxylation sites is 1. The fraction of sp³-hybridized carbons (Fsp3) is 0.250. The van der Waals surface area contributed by atoms with Crippen LogP contribution in [-0.2, 0) is 16.6 Å². The Morgan fingerprint density at radius 1 is 1.12 bits per heavy atom. The summed E-state index contributed by atoms with van der Waals surface area (Å²) in [5.74, 6) is -0.108. The van der Waals surface area contributed by atoms with Gasteiger partial charge in [0.2, 0.25) is 0 Å². The molecule has 2 aliphatic heterocycles. The van der Waals surface area contributed by atoms with E-state index in [2.05, 4.69) is 10.3 Å². The number of thiocarbonyl (C=S) groups is 1. The van der Waals surface area contributed by atoms with Gasteiger partial charge >= 0.3 is 0 Å². The third kappa shape index (κ3) is 4.47. The number of nitrogens with zero attached hydrogens (tertiary/aromatic N) is 5. The van der Waals surface area contributed by atoms with Crippen molar-refractivity contribution in [3.8, 4) is 5.69 Å². The number of pyridine rings is 1. The van der Waals surface area contributed by atoms with Crippen molar-refractivity contribution in [1.82, 2.24) is 18.7 Å². The van der Waals surface area contributed by atoms with Gasteiger partial charge in [-0.05, 0) is 50.1 Å². The number of anilines is 2. The Morgan fingerprint density at radius 2 is 1.90 bits per heavy atom. The Bertz CT molecular complexity index is 1800. The molecule has 5 heterocycles. The van der Waals surface area contributed by atoms with Gasteiger partial charge in [-0.2, -0.15) is 0 Å². The van der Waals surface area contributed by atoms with Crippen molar-refractivity contribution in [2.24, 2.45) is 7.05 Å². The minimum Gasteiger partial charge on any atom is -0.376 e. The van der Waals surface area contributed by atoms with E-state index in [9.17, 15) is 14.4 Å². The number of nitrogens with one attached hydrogen (secondary N) is 1. The number of benzene rings is 1. The lowest BCUT2D eigenvalue weighted by Gasteiger charge is -2.14. The molecule has 1 unspecified atom stereocenters. The lowest BCUT2D eigenvalue weighted by atomic mass is 10.2. The molecule has 4 aromatic rings. The summed E-state index contributed by atoms with van der Waals surface area (Å²) < 4.78 is 10.6. The van der Waals surface area contributed by atoms with Gasteiger partial charge in [0.15, 0.2) is 4.32 Å². The first-order valence-electron chi connectivity index (χ1n) is 12.8. The normalized spacial score (nSPS) is 18.4. The number of rotatable bonds is 6. The molecule has 204 valence electrons. The molecular formula is C28H26N6O4S2. The maximum Gasteiger partial charge on any atom is 0.296 e. The van der Waals surface area contributed by atoms with Crippen LogP contribution < -0.4 is 21.3 Å². The van der Waals surface area contributed by atoms with E-state index in [0.29, 0.717) is 36.0 Å². The molecular weight excluding hydrogens is 548 g/mol. The van der Waals surface area contributed by atoms with Crippen molar-refractivity contribution in [2.45, 2.75) is 25.9 Å². The van der Waals surface area contributed by atoms with Crippen LogP contribution in [0.4, 0.5) is 11.5 Å². The molecule has 6 rings (SSSR count). The predicted octanol–water partition coefficient (Wildman–Crippen LogP) is 3.49. The van der Waals surface area contributed by atoms with Crippen molar-refractivity contribution < 1.29 is 9.53 Å². The van der Waals surface area contributed by atoms with Gasteiger partial charge in [0, 0.05) is 26.4 Å². The van der Waals surface area contributed by atoms with E-state index in [1.807, 2.05) is 30.3 Å². The molecule has 1 atom stereocenters. The molecule has 2 fully saturated rings. The number of fused-ring (bicyclic) bond motifs is 1. The largest absolute Gasteiger partial charge is 0.376 e. The smallest absolute Gasteiger partial charge is 0.296 e. The van der Waals surface area contributed by atoms with Crippen LogP contribution in [0.2, 0.25) is 0 Å². The number of carbonyl (C=O) groups is 1. The zero-order valence-corrected chi connectivity index (χ0v) is 23.5. The van der Waals surface area contributed by atoms with Gasteiger partial charge in [-0.3, -0.25) is 28.4 Å².